The van der Waals surface area contributed by atoms with Gasteiger partial charge in [0.15, 0.2) is 5.69 Å². The van der Waals surface area contributed by atoms with Crippen molar-refractivity contribution in [2.45, 2.75) is 59.5 Å². The first-order valence-electron chi connectivity index (χ1n) is 11.6. The molecule has 1 aromatic heterocycles. The number of carbonyl (C=O) groups is 2. The number of aromatic carboxylic acids is 2. The second-order valence-electron chi connectivity index (χ2n) is 9.08. The number of benzene rings is 2. The molecule has 1 unspecified atom stereocenters. The number of rotatable bonds is 10. The summed E-state index contributed by atoms with van der Waals surface area (Å²) < 4.78 is 2.99. The van der Waals surface area contributed by atoms with Gasteiger partial charge in [0.2, 0.25) is 0 Å². The molecule has 3 rings (SSSR count). The zero-order chi connectivity index (χ0) is 25.0. The van der Waals surface area contributed by atoms with E-state index in [1.807, 2.05) is 38.1 Å². The predicted molar refractivity (Wildman–Crippen MR) is 132 cm³/mol. The topological polar surface area (TPSA) is 102 Å². The van der Waals surface area contributed by atoms with Crippen molar-refractivity contribution in [1.82, 2.24) is 9.13 Å². The Morgan fingerprint density at radius 2 is 1.59 bits per heavy atom. The second-order valence-corrected chi connectivity index (χ2v) is 9.08. The quantitative estimate of drug-likeness (QED) is 0.423. The largest absolute Gasteiger partial charge is 0.478 e. The second kappa shape index (κ2) is 10.5. The lowest BCUT2D eigenvalue weighted by molar-refractivity contribution is 0.0675. The normalized spacial score (nSPS) is 12.1. The summed E-state index contributed by atoms with van der Waals surface area (Å²) >= 11 is 0. The van der Waals surface area contributed by atoms with E-state index in [-0.39, 0.29) is 29.5 Å². The summed E-state index contributed by atoms with van der Waals surface area (Å²) in [7, 11) is 0. The Morgan fingerprint density at radius 1 is 0.941 bits per heavy atom. The Balaban J connectivity index is 2.04. The number of aromatic nitrogens is 2. The van der Waals surface area contributed by atoms with Crippen molar-refractivity contribution >= 4 is 11.9 Å². The maximum absolute atomic E-state index is 13.4. The molecule has 7 nitrogen and oxygen atoms in total. The third-order valence-corrected chi connectivity index (χ3v) is 6.23. The maximum Gasteiger partial charge on any atom is 0.354 e. The van der Waals surface area contributed by atoms with Crippen molar-refractivity contribution in [1.29, 1.82) is 0 Å². The van der Waals surface area contributed by atoms with E-state index in [1.165, 1.54) is 4.57 Å². The molecule has 0 amide bonds. The van der Waals surface area contributed by atoms with Crippen LogP contribution in [0.1, 0.15) is 78.7 Å². The van der Waals surface area contributed by atoms with Crippen molar-refractivity contribution in [2.75, 3.05) is 0 Å². The van der Waals surface area contributed by atoms with E-state index in [2.05, 4.69) is 13.8 Å². The molecular formula is C27H32N2O5. The van der Waals surface area contributed by atoms with Crippen LogP contribution in [0.3, 0.4) is 0 Å². The number of carboxylic acids is 2. The Labute approximate surface area is 199 Å². The highest BCUT2D eigenvalue weighted by atomic mass is 16.4. The van der Waals surface area contributed by atoms with Crippen LogP contribution >= 0.6 is 0 Å². The van der Waals surface area contributed by atoms with Gasteiger partial charge in [-0.05, 0) is 54.9 Å². The molecule has 0 radical (unpaired) electrons. The molecule has 0 saturated carbocycles. The van der Waals surface area contributed by atoms with Crippen LogP contribution in [0.25, 0.3) is 11.1 Å². The van der Waals surface area contributed by atoms with Gasteiger partial charge in [-0.25, -0.2) is 14.4 Å². The predicted octanol–water partition coefficient (Wildman–Crippen LogP) is 5.32. The summed E-state index contributed by atoms with van der Waals surface area (Å²) in [6.45, 7) is 8.18. The lowest BCUT2D eigenvalue weighted by Gasteiger charge is -2.12. The average molecular weight is 465 g/mol. The van der Waals surface area contributed by atoms with Crippen LogP contribution in [0.4, 0.5) is 0 Å². The maximum atomic E-state index is 13.4. The van der Waals surface area contributed by atoms with Gasteiger partial charge in [-0.1, -0.05) is 63.2 Å². The van der Waals surface area contributed by atoms with E-state index in [1.54, 1.807) is 28.8 Å². The molecule has 3 aromatic rings. The Hall–Kier alpha value is -3.61. The van der Waals surface area contributed by atoms with Crippen molar-refractivity contribution in [2.24, 2.45) is 5.92 Å². The lowest BCUT2D eigenvalue weighted by atomic mass is 9.98. The first-order valence-corrected chi connectivity index (χ1v) is 11.6. The SMILES string of the molecule is CCC(C)n1c(C(=O)O)c(CCC(C)C)n(Cc2ccc(-c3ccccc3C(=O)O)cc2)c1=O. The smallest absolute Gasteiger partial charge is 0.354 e. The van der Waals surface area contributed by atoms with E-state index < -0.39 is 11.9 Å². The number of hydrogen-bond acceptors (Lipinski definition) is 3. The zero-order valence-electron chi connectivity index (χ0n) is 20.1. The summed E-state index contributed by atoms with van der Waals surface area (Å²) in [4.78, 5) is 37.1. The summed E-state index contributed by atoms with van der Waals surface area (Å²) in [5, 5.41) is 19.4. The van der Waals surface area contributed by atoms with Crippen molar-refractivity contribution < 1.29 is 19.8 Å². The fourth-order valence-electron chi connectivity index (χ4n) is 4.16. The monoisotopic (exact) mass is 464 g/mol. The number of nitrogens with zero attached hydrogens (tertiary/aromatic N) is 2. The van der Waals surface area contributed by atoms with Gasteiger partial charge in [0.25, 0.3) is 0 Å². The highest BCUT2D eigenvalue weighted by Crippen LogP contribution is 2.25. The molecular weight excluding hydrogens is 432 g/mol. The van der Waals surface area contributed by atoms with Gasteiger partial charge in [0, 0.05) is 6.04 Å². The summed E-state index contributed by atoms with van der Waals surface area (Å²) in [6.07, 6.45) is 1.92. The molecule has 0 aliphatic rings. The number of imidazole rings is 1. The van der Waals surface area contributed by atoms with Crippen LogP contribution in [-0.4, -0.2) is 31.3 Å². The van der Waals surface area contributed by atoms with E-state index in [4.69, 9.17) is 0 Å². The summed E-state index contributed by atoms with van der Waals surface area (Å²) in [5.74, 6) is -1.71. The van der Waals surface area contributed by atoms with Gasteiger partial charge in [-0.15, -0.1) is 0 Å². The molecule has 1 heterocycles. The van der Waals surface area contributed by atoms with Crippen LogP contribution in [-0.2, 0) is 13.0 Å². The minimum absolute atomic E-state index is 0.0759. The van der Waals surface area contributed by atoms with Crippen LogP contribution in [0.5, 0.6) is 0 Å². The Morgan fingerprint density at radius 3 is 2.15 bits per heavy atom. The van der Waals surface area contributed by atoms with Crippen LogP contribution in [0.2, 0.25) is 0 Å². The zero-order valence-corrected chi connectivity index (χ0v) is 20.1. The van der Waals surface area contributed by atoms with E-state index in [0.717, 1.165) is 17.5 Å². The molecule has 1 atom stereocenters. The Bertz CT molecular complexity index is 1230. The van der Waals surface area contributed by atoms with Crippen LogP contribution in [0.15, 0.2) is 53.3 Å². The van der Waals surface area contributed by atoms with E-state index in [9.17, 15) is 24.6 Å². The lowest BCUT2D eigenvalue weighted by Crippen LogP contribution is -2.28. The first kappa shape index (κ1) is 25.0. The molecule has 7 heteroatoms. The Kier molecular flexibility index (Phi) is 7.76. The van der Waals surface area contributed by atoms with E-state index in [0.29, 0.717) is 30.0 Å². The summed E-state index contributed by atoms with van der Waals surface area (Å²) in [5.41, 5.74) is 2.75. The van der Waals surface area contributed by atoms with E-state index >= 15 is 0 Å². The molecule has 2 N–H and O–H groups in total. The van der Waals surface area contributed by atoms with Gasteiger partial charge >= 0.3 is 17.6 Å². The number of carboxylic acid groups (broad SMARTS) is 2. The molecule has 0 fully saturated rings. The first-order chi connectivity index (χ1) is 16.1. The fraction of sp³-hybridized carbons (Fsp3) is 0.370. The van der Waals surface area contributed by atoms with Gasteiger partial charge in [-0.3, -0.25) is 9.13 Å². The third-order valence-electron chi connectivity index (χ3n) is 6.23. The highest BCUT2D eigenvalue weighted by Gasteiger charge is 2.27. The van der Waals surface area contributed by atoms with Crippen molar-refractivity contribution in [3.05, 3.63) is 81.5 Å². The summed E-state index contributed by atoms with van der Waals surface area (Å²) in [6, 6.07) is 14.0. The molecule has 34 heavy (non-hydrogen) atoms. The van der Waals surface area contributed by atoms with Gasteiger partial charge < -0.3 is 10.2 Å². The molecule has 0 bridgehead atoms. The van der Waals surface area contributed by atoms with Gasteiger partial charge in [0.1, 0.15) is 0 Å². The molecule has 0 aliphatic carbocycles. The molecule has 180 valence electrons. The van der Waals surface area contributed by atoms with Crippen molar-refractivity contribution in [3.63, 3.8) is 0 Å². The van der Waals surface area contributed by atoms with Gasteiger partial charge in [0.05, 0.1) is 17.8 Å². The molecule has 0 saturated heterocycles. The highest BCUT2D eigenvalue weighted by molar-refractivity contribution is 5.96. The minimum Gasteiger partial charge on any atom is -0.478 e. The third kappa shape index (κ3) is 5.14. The molecule has 2 aromatic carbocycles. The molecule has 0 aliphatic heterocycles. The number of hydrogen-bond donors (Lipinski definition) is 2. The average Bonchev–Trinajstić information content (AvgIpc) is 3.09. The molecule has 0 spiro atoms. The standard InChI is InChI=1S/C27H32N2O5/c1-5-18(4)29-24(26(32)33)23(15-10-17(2)3)28(27(29)34)16-19-11-13-20(14-12-19)21-8-6-7-9-22(21)25(30)31/h6-9,11-14,17-18H,5,10,15-16H2,1-4H3,(H,30,31)(H,32,33). The van der Waals surface area contributed by atoms with Crippen LogP contribution in [0, 0.1) is 5.92 Å². The minimum atomic E-state index is -1.09. The van der Waals surface area contributed by atoms with Gasteiger partial charge in [-0.2, -0.15) is 0 Å². The van der Waals surface area contributed by atoms with Crippen LogP contribution < -0.4 is 5.69 Å². The van der Waals surface area contributed by atoms with Crippen molar-refractivity contribution in [3.8, 4) is 11.1 Å². The fourth-order valence-corrected chi connectivity index (χ4v) is 4.16.